The number of carbonyl (C=O) groups excluding carboxylic acids is 1. The van der Waals surface area contributed by atoms with Crippen LogP contribution in [0.15, 0.2) is 48.5 Å². The molecule has 3 rings (SSSR count). The Kier molecular flexibility index (Phi) is 4.06. The van der Waals surface area contributed by atoms with Gasteiger partial charge >= 0.3 is 0 Å². The summed E-state index contributed by atoms with van der Waals surface area (Å²) in [6, 6.07) is 13.1. The summed E-state index contributed by atoms with van der Waals surface area (Å²) in [5.41, 5.74) is 1.52. The average Bonchev–Trinajstić information content (AvgIpc) is 3.34. The van der Waals surface area contributed by atoms with Crippen molar-refractivity contribution >= 4 is 17.3 Å². The molecule has 1 amide bonds. The number of hydrogen-bond donors (Lipinski definition) is 3. The summed E-state index contributed by atoms with van der Waals surface area (Å²) in [6.45, 7) is 0. The Balaban J connectivity index is 1.75. The number of amides is 1. The van der Waals surface area contributed by atoms with E-state index in [9.17, 15) is 14.3 Å². The van der Waals surface area contributed by atoms with Gasteiger partial charge in [0, 0.05) is 6.04 Å². The van der Waals surface area contributed by atoms with Crippen LogP contribution < -0.4 is 10.6 Å². The first-order valence-electron chi connectivity index (χ1n) is 7.23. The summed E-state index contributed by atoms with van der Waals surface area (Å²) < 4.78 is 13.4. The highest BCUT2D eigenvalue weighted by Gasteiger charge is 2.23. The van der Waals surface area contributed by atoms with E-state index in [0.29, 0.717) is 23.0 Å². The first-order valence-corrected chi connectivity index (χ1v) is 7.23. The molecule has 2 aromatic carbocycles. The van der Waals surface area contributed by atoms with Crippen molar-refractivity contribution < 1.29 is 14.3 Å². The lowest BCUT2D eigenvalue weighted by Crippen LogP contribution is -2.21. The Hall–Kier alpha value is -2.40. The monoisotopic (exact) mass is 300 g/mol. The first kappa shape index (κ1) is 14.5. The zero-order chi connectivity index (χ0) is 15.5. The predicted molar refractivity (Wildman–Crippen MR) is 83.1 cm³/mol. The molecule has 22 heavy (non-hydrogen) atoms. The fourth-order valence-electron chi connectivity index (χ4n) is 2.18. The molecule has 114 valence electrons. The van der Waals surface area contributed by atoms with Crippen LogP contribution in [0.5, 0.6) is 0 Å². The minimum Gasteiger partial charge on any atom is -0.381 e. The molecule has 1 unspecified atom stereocenters. The van der Waals surface area contributed by atoms with Gasteiger partial charge in [-0.1, -0.05) is 30.3 Å². The Morgan fingerprint density at radius 3 is 2.55 bits per heavy atom. The molecule has 0 aromatic heterocycles. The maximum atomic E-state index is 13.4. The number of nitrogens with one attached hydrogen (secondary N) is 2. The van der Waals surface area contributed by atoms with Crippen LogP contribution in [0.1, 0.15) is 24.5 Å². The molecule has 1 aliphatic carbocycles. The second-order valence-electron chi connectivity index (χ2n) is 5.41. The molecule has 0 bridgehead atoms. The van der Waals surface area contributed by atoms with Crippen LogP contribution in [0.2, 0.25) is 0 Å². The second kappa shape index (κ2) is 6.15. The van der Waals surface area contributed by atoms with Gasteiger partial charge in [0.25, 0.3) is 5.91 Å². The average molecular weight is 300 g/mol. The van der Waals surface area contributed by atoms with E-state index in [1.165, 1.54) is 18.2 Å². The van der Waals surface area contributed by atoms with Gasteiger partial charge in [-0.15, -0.1) is 0 Å². The van der Waals surface area contributed by atoms with E-state index in [2.05, 4.69) is 10.6 Å². The fourth-order valence-corrected chi connectivity index (χ4v) is 2.18. The normalized spacial score (nSPS) is 15.2. The number of anilines is 2. The SMILES string of the molecule is O=C(Nc1ccc(F)cc1NC1CC1)C(O)c1ccccc1. The standard InChI is InChI=1S/C17H17FN2O2/c18-12-6-9-14(15(10-12)19-13-7-8-13)20-17(22)16(21)11-4-2-1-3-5-11/h1-6,9-10,13,16,19,21H,7-8H2,(H,20,22). The van der Waals surface area contributed by atoms with E-state index in [1.54, 1.807) is 24.3 Å². The van der Waals surface area contributed by atoms with Gasteiger partial charge in [-0.2, -0.15) is 0 Å². The molecule has 0 aliphatic heterocycles. The third-order valence-electron chi connectivity index (χ3n) is 3.54. The predicted octanol–water partition coefficient (Wildman–Crippen LogP) is 3.07. The minimum atomic E-state index is -1.26. The molecule has 0 radical (unpaired) electrons. The second-order valence-corrected chi connectivity index (χ2v) is 5.41. The van der Waals surface area contributed by atoms with Crippen molar-refractivity contribution in [2.24, 2.45) is 0 Å². The van der Waals surface area contributed by atoms with Gasteiger partial charge in [0.15, 0.2) is 6.10 Å². The number of benzene rings is 2. The van der Waals surface area contributed by atoms with Crippen molar-refractivity contribution in [2.75, 3.05) is 10.6 Å². The topological polar surface area (TPSA) is 61.4 Å². The maximum Gasteiger partial charge on any atom is 0.257 e. The zero-order valence-corrected chi connectivity index (χ0v) is 11.9. The molecule has 0 saturated heterocycles. The van der Waals surface area contributed by atoms with Gasteiger partial charge in [0.2, 0.25) is 0 Å². The van der Waals surface area contributed by atoms with Gasteiger partial charge in [0.05, 0.1) is 11.4 Å². The van der Waals surface area contributed by atoms with Crippen LogP contribution in [-0.4, -0.2) is 17.1 Å². The largest absolute Gasteiger partial charge is 0.381 e. The number of carbonyl (C=O) groups is 1. The van der Waals surface area contributed by atoms with Crippen LogP contribution in [-0.2, 0) is 4.79 Å². The third-order valence-corrected chi connectivity index (χ3v) is 3.54. The summed E-state index contributed by atoms with van der Waals surface area (Å²) in [5, 5.41) is 15.9. The van der Waals surface area contributed by atoms with Crippen molar-refractivity contribution in [3.63, 3.8) is 0 Å². The van der Waals surface area contributed by atoms with Crippen molar-refractivity contribution in [2.45, 2.75) is 25.0 Å². The molecule has 1 fully saturated rings. The summed E-state index contributed by atoms with van der Waals surface area (Å²) in [6.07, 6.45) is 0.813. The number of hydrogen-bond acceptors (Lipinski definition) is 3. The fraction of sp³-hybridized carbons (Fsp3) is 0.235. The van der Waals surface area contributed by atoms with E-state index in [1.807, 2.05) is 6.07 Å². The van der Waals surface area contributed by atoms with Crippen LogP contribution in [0, 0.1) is 5.82 Å². The molecular formula is C17H17FN2O2. The van der Waals surface area contributed by atoms with Crippen LogP contribution in [0.25, 0.3) is 0 Å². The van der Waals surface area contributed by atoms with Crippen molar-refractivity contribution in [1.29, 1.82) is 0 Å². The van der Waals surface area contributed by atoms with Crippen molar-refractivity contribution in [3.8, 4) is 0 Å². The van der Waals surface area contributed by atoms with Crippen LogP contribution in [0.3, 0.4) is 0 Å². The van der Waals surface area contributed by atoms with Crippen LogP contribution >= 0.6 is 0 Å². The lowest BCUT2D eigenvalue weighted by Gasteiger charge is -2.15. The highest BCUT2D eigenvalue weighted by molar-refractivity contribution is 5.97. The Labute approximate surface area is 128 Å². The smallest absolute Gasteiger partial charge is 0.257 e. The third kappa shape index (κ3) is 3.43. The Morgan fingerprint density at radius 2 is 1.86 bits per heavy atom. The zero-order valence-electron chi connectivity index (χ0n) is 11.9. The number of aliphatic hydroxyl groups excluding tert-OH is 1. The highest BCUT2D eigenvalue weighted by atomic mass is 19.1. The lowest BCUT2D eigenvalue weighted by molar-refractivity contribution is -0.124. The molecule has 1 saturated carbocycles. The van der Waals surface area contributed by atoms with Crippen molar-refractivity contribution in [3.05, 3.63) is 59.9 Å². The molecule has 0 heterocycles. The molecule has 2 aromatic rings. The van der Waals surface area contributed by atoms with Gasteiger partial charge in [-0.05, 0) is 36.6 Å². The summed E-state index contributed by atoms with van der Waals surface area (Å²) >= 11 is 0. The number of rotatable bonds is 5. The summed E-state index contributed by atoms with van der Waals surface area (Å²) in [7, 11) is 0. The quantitative estimate of drug-likeness (QED) is 0.795. The van der Waals surface area contributed by atoms with E-state index in [-0.39, 0.29) is 5.82 Å². The van der Waals surface area contributed by atoms with Gasteiger partial charge in [0.1, 0.15) is 5.82 Å². The highest BCUT2D eigenvalue weighted by Crippen LogP contribution is 2.30. The van der Waals surface area contributed by atoms with Gasteiger partial charge in [-0.25, -0.2) is 4.39 Å². The summed E-state index contributed by atoms with van der Waals surface area (Å²) in [4.78, 5) is 12.2. The van der Waals surface area contributed by atoms with Crippen molar-refractivity contribution in [1.82, 2.24) is 0 Å². The Morgan fingerprint density at radius 1 is 1.14 bits per heavy atom. The van der Waals surface area contributed by atoms with Gasteiger partial charge < -0.3 is 15.7 Å². The molecule has 1 atom stereocenters. The number of aliphatic hydroxyl groups is 1. The van der Waals surface area contributed by atoms with Crippen LogP contribution in [0.4, 0.5) is 15.8 Å². The van der Waals surface area contributed by atoms with E-state index in [0.717, 1.165) is 12.8 Å². The molecular weight excluding hydrogens is 283 g/mol. The molecule has 1 aliphatic rings. The first-order chi connectivity index (χ1) is 10.6. The van der Waals surface area contributed by atoms with E-state index < -0.39 is 12.0 Å². The molecule has 3 N–H and O–H groups in total. The number of halogens is 1. The minimum absolute atomic E-state index is 0.330. The van der Waals surface area contributed by atoms with E-state index >= 15 is 0 Å². The summed E-state index contributed by atoms with van der Waals surface area (Å²) in [5.74, 6) is -0.915. The molecule has 0 spiro atoms. The van der Waals surface area contributed by atoms with Gasteiger partial charge in [-0.3, -0.25) is 4.79 Å². The Bertz CT molecular complexity index is 672. The lowest BCUT2D eigenvalue weighted by atomic mass is 10.1. The van der Waals surface area contributed by atoms with E-state index in [4.69, 9.17) is 0 Å². The molecule has 4 nitrogen and oxygen atoms in total. The maximum absolute atomic E-state index is 13.4. The molecule has 5 heteroatoms.